The SMILES string of the molecule is CSc1cccc(NC(=O)c2cc3c(C)cc(C)cc3[nH]2)c1. The van der Waals surface area contributed by atoms with E-state index in [1.54, 1.807) is 11.8 Å². The number of aromatic amines is 1. The average molecular weight is 310 g/mol. The number of thioether (sulfide) groups is 1. The molecule has 0 aliphatic heterocycles. The number of anilines is 1. The maximum atomic E-state index is 12.4. The summed E-state index contributed by atoms with van der Waals surface area (Å²) in [5, 5.41) is 4.04. The zero-order valence-corrected chi connectivity index (χ0v) is 13.7. The highest BCUT2D eigenvalue weighted by Gasteiger charge is 2.11. The van der Waals surface area contributed by atoms with Crippen LogP contribution in [0.15, 0.2) is 47.4 Å². The standard InChI is InChI=1S/C18H18N2OS/c1-11-7-12(2)15-10-17(20-16(15)8-11)18(21)19-13-5-4-6-14(9-13)22-3/h4-10,20H,1-3H3,(H,19,21). The van der Waals surface area contributed by atoms with Crippen LogP contribution in [0.2, 0.25) is 0 Å². The number of hydrogen-bond donors (Lipinski definition) is 2. The van der Waals surface area contributed by atoms with Gasteiger partial charge in [-0.15, -0.1) is 11.8 Å². The molecule has 1 amide bonds. The number of carbonyl (C=O) groups excluding carboxylic acids is 1. The molecule has 1 aromatic heterocycles. The molecule has 3 aromatic rings. The van der Waals surface area contributed by atoms with Crippen LogP contribution < -0.4 is 5.32 Å². The van der Waals surface area contributed by atoms with Gasteiger partial charge in [-0.3, -0.25) is 4.79 Å². The van der Waals surface area contributed by atoms with Crippen molar-refractivity contribution in [2.45, 2.75) is 18.7 Å². The quantitative estimate of drug-likeness (QED) is 0.685. The van der Waals surface area contributed by atoms with Crippen molar-refractivity contribution in [3.05, 3.63) is 59.3 Å². The van der Waals surface area contributed by atoms with Gasteiger partial charge in [-0.2, -0.15) is 0 Å². The molecule has 2 aromatic carbocycles. The molecule has 0 fully saturated rings. The molecule has 0 saturated heterocycles. The second-order valence-electron chi connectivity index (χ2n) is 5.41. The van der Waals surface area contributed by atoms with Gasteiger partial charge in [0.1, 0.15) is 5.69 Å². The Morgan fingerprint density at radius 2 is 1.95 bits per heavy atom. The summed E-state index contributed by atoms with van der Waals surface area (Å²) in [4.78, 5) is 16.8. The summed E-state index contributed by atoms with van der Waals surface area (Å²) < 4.78 is 0. The predicted octanol–water partition coefficient (Wildman–Crippen LogP) is 4.76. The molecule has 0 saturated carbocycles. The predicted molar refractivity (Wildman–Crippen MR) is 93.9 cm³/mol. The Balaban J connectivity index is 1.90. The van der Waals surface area contributed by atoms with E-state index < -0.39 is 0 Å². The van der Waals surface area contributed by atoms with Gasteiger partial charge in [-0.25, -0.2) is 0 Å². The Kier molecular flexibility index (Phi) is 3.94. The molecule has 1 heterocycles. The van der Waals surface area contributed by atoms with Gasteiger partial charge >= 0.3 is 0 Å². The second-order valence-corrected chi connectivity index (χ2v) is 6.29. The van der Waals surface area contributed by atoms with Crippen molar-refractivity contribution in [2.75, 3.05) is 11.6 Å². The molecule has 0 aliphatic carbocycles. The Bertz CT molecular complexity index is 851. The monoisotopic (exact) mass is 310 g/mol. The van der Waals surface area contributed by atoms with E-state index in [0.717, 1.165) is 21.5 Å². The lowest BCUT2D eigenvalue weighted by Gasteiger charge is -2.05. The van der Waals surface area contributed by atoms with Crippen LogP contribution in [0.25, 0.3) is 10.9 Å². The van der Waals surface area contributed by atoms with Crippen LogP contribution in [0.3, 0.4) is 0 Å². The van der Waals surface area contributed by atoms with Crippen LogP contribution in [0.1, 0.15) is 21.6 Å². The summed E-state index contributed by atoms with van der Waals surface area (Å²) in [5.74, 6) is -0.119. The van der Waals surface area contributed by atoms with Crippen molar-refractivity contribution in [3.8, 4) is 0 Å². The molecule has 3 rings (SSSR count). The number of H-pyrrole nitrogens is 1. The Hall–Kier alpha value is -2.20. The minimum Gasteiger partial charge on any atom is -0.351 e. The van der Waals surface area contributed by atoms with Gasteiger partial charge in [0.25, 0.3) is 5.91 Å². The molecule has 112 valence electrons. The highest BCUT2D eigenvalue weighted by Crippen LogP contribution is 2.23. The van der Waals surface area contributed by atoms with Gasteiger partial charge in [0.15, 0.2) is 0 Å². The zero-order chi connectivity index (χ0) is 15.7. The van der Waals surface area contributed by atoms with Crippen molar-refractivity contribution < 1.29 is 4.79 Å². The molecular weight excluding hydrogens is 292 g/mol. The number of aryl methyl sites for hydroxylation is 2. The Labute approximate surface area is 134 Å². The van der Waals surface area contributed by atoms with Crippen molar-refractivity contribution in [1.29, 1.82) is 0 Å². The first-order valence-corrected chi connectivity index (χ1v) is 8.34. The number of fused-ring (bicyclic) bond motifs is 1. The van der Waals surface area contributed by atoms with E-state index in [1.807, 2.05) is 36.6 Å². The van der Waals surface area contributed by atoms with Gasteiger partial charge in [-0.05, 0) is 61.6 Å². The van der Waals surface area contributed by atoms with Crippen molar-refractivity contribution >= 4 is 34.3 Å². The second kappa shape index (κ2) is 5.89. The van der Waals surface area contributed by atoms with E-state index in [1.165, 1.54) is 11.1 Å². The fourth-order valence-corrected chi connectivity index (χ4v) is 3.08. The van der Waals surface area contributed by atoms with Crippen molar-refractivity contribution in [2.24, 2.45) is 0 Å². The highest BCUT2D eigenvalue weighted by molar-refractivity contribution is 7.98. The summed E-state index contributed by atoms with van der Waals surface area (Å²) in [6.45, 7) is 4.12. The summed E-state index contributed by atoms with van der Waals surface area (Å²) in [5.41, 5.74) is 4.75. The third-order valence-corrected chi connectivity index (χ3v) is 4.39. The Morgan fingerprint density at radius 3 is 2.73 bits per heavy atom. The minimum atomic E-state index is -0.119. The number of benzene rings is 2. The zero-order valence-electron chi connectivity index (χ0n) is 12.9. The smallest absolute Gasteiger partial charge is 0.272 e. The lowest BCUT2D eigenvalue weighted by atomic mass is 10.1. The van der Waals surface area contributed by atoms with Gasteiger partial charge in [0, 0.05) is 21.5 Å². The maximum Gasteiger partial charge on any atom is 0.272 e. The maximum absolute atomic E-state index is 12.4. The van der Waals surface area contributed by atoms with E-state index in [0.29, 0.717) is 5.69 Å². The van der Waals surface area contributed by atoms with Crippen molar-refractivity contribution in [3.63, 3.8) is 0 Å². The molecule has 22 heavy (non-hydrogen) atoms. The first-order chi connectivity index (χ1) is 10.6. The molecule has 4 heteroatoms. The summed E-state index contributed by atoms with van der Waals surface area (Å²) in [6, 6.07) is 13.9. The Morgan fingerprint density at radius 1 is 1.14 bits per heavy atom. The van der Waals surface area contributed by atoms with E-state index in [9.17, 15) is 4.79 Å². The third-order valence-electron chi connectivity index (χ3n) is 3.66. The fraction of sp³-hybridized carbons (Fsp3) is 0.167. The van der Waals surface area contributed by atoms with Crippen LogP contribution >= 0.6 is 11.8 Å². The van der Waals surface area contributed by atoms with E-state index in [2.05, 4.69) is 36.3 Å². The number of rotatable bonds is 3. The average Bonchev–Trinajstić information content (AvgIpc) is 2.92. The minimum absolute atomic E-state index is 0.119. The van der Waals surface area contributed by atoms with E-state index in [4.69, 9.17) is 0 Å². The third kappa shape index (κ3) is 2.88. The topological polar surface area (TPSA) is 44.9 Å². The number of nitrogens with one attached hydrogen (secondary N) is 2. The summed E-state index contributed by atoms with van der Waals surface area (Å²) in [6.07, 6.45) is 2.02. The van der Waals surface area contributed by atoms with E-state index >= 15 is 0 Å². The van der Waals surface area contributed by atoms with Gasteiger partial charge in [-0.1, -0.05) is 12.1 Å². The molecule has 0 aliphatic rings. The van der Waals surface area contributed by atoms with Crippen LogP contribution in [-0.2, 0) is 0 Å². The number of amides is 1. The van der Waals surface area contributed by atoms with Crippen LogP contribution in [0.4, 0.5) is 5.69 Å². The summed E-state index contributed by atoms with van der Waals surface area (Å²) in [7, 11) is 0. The molecule has 0 radical (unpaired) electrons. The summed E-state index contributed by atoms with van der Waals surface area (Å²) >= 11 is 1.65. The molecule has 3 nitrogen and oxygen atoms in total. The largest absolute Gasteiger partial charge is 0.351 e. The van der Waals surface area contributed by atoms with Gasteiger partial charge in [0.2, 0.25) is 0 Å². The van der Waals surface area contributed by atoms with Crippen molar-refractivity contribution in [1.82, 2.24) is 4.98 Å². The molecule has 0 unspecified atom stereocenters. The molecule has 0 spiro atoms. The van der Waals surface area contributed by atoms with E-state index in [-0.39, 0.29) is 5.91 Å². The molecule has 2 N–H and O–H groups in total. The van der Waals surface area contributed by atoms with Crippen LogP contribution in [0.5, 0.6) is 0 Å². The molecule has 0 bridgehead atoms. The molecular formula is C18H18N2OS. The van der Waals surface area contributed by atoms with Gasteiger partial charge < -0.3 is 10.3 Å². The van der Waals surface area contributed by atoms with Crippen LogP contribution in [-0.4, -0.2) is 17.1 Å². The number of aromatic nitrogens is 1. The first kappa shape index (κ1) is 14.7. The van der Waals surface area contributed by atoms with Gasteiger partial charge in [0.05, 0.1) is 0 Å². The normalized spacial score (nSPS) is 10.9. The lowest BCUT2D eigenvalue weighted by Crippen LogP contribution is -2.12. The molecule has 0 atom stereocenters. The lowest BCUT2D eigenvalue weighted by molar-refractivity contribution is 0.102. The van der Waals surface area contributed by atoms with Crippen LogP contribution in [0, 0.1) is 13.8 Å². The number of carbonyl (C=O) groups is 1. The number of hydrogen-bond acceptors (Lipinski definition) is 2. The fourth-order valence-electron chi connectivity index (χ4n) is 2.62. The highest BCUT2D eigenvalue weighted by atomic mass is 32.2. The first-order valence-electron chi connectivity index (χ1n) is 7.12.